The minimum absolute atomic E-state index is 0.00147. The zero-order valence-corrected chi connectivity index (χ0v) is 15.1. The number of hydrogen-bond acceptors (Lipinski definition) is 4. The molecule has 1 unspecified atom stereocenters. The van der Waals surface area contributed by atoms with Crippen molar-refractivity contribution in [3.05, 3.63) is 41.9 Å². The van der Waals surface area contributed by atoms with Crippen molar-refractivity contribution in [1.29, 1.82) is 0 Å². The number of aromatic amines is 1. The van der Waals surface area contributed by atoms with Gasteiger partial charge in [0.25, 0.3) is 5.91 Å². The first kappa shape index (κ1) is 17.2. The van der Waals surface area contributed by atoms with Crippen LogP contribution in [-0.4, -0.2) is 46.1 Å². The van der Waals surface area contributed by atoms with Crippen molar-refractivity contribution in [3.63, 3.8) is 0 Å². The molecule has 4 rings (SSSR count). The Labute approximate surface area is 153 Å². The topological polar surface area (TPSA) is 84.2 Å². The van der Waals surface area contributed by atoms with Crippen LogP contribution in [-0.2, 0) is 9.53 Å². The summed E-state index contributed by atoms with van der Waals surface area (Å²) in [5.74, 6) is 0.942. The Bertz CT molecular complexity index is 788. The van der Waals surface area contributed by atoms with E-state index in [2.05, 4.69) is 35.1 Å². The number of carbonyl (C=O) groups is 1. The van der Waals surface area contributed by atoms with Gasteiger partial charge in [-0.25, -0.2) is 4.98 Å². The number of nitrogens with one attached hydrogen (secondary N) is 1. The Morgan fingerprint density at radius 1 is 1.38 bits per heavy atom. The third kappa shape index (κ3) is 3.27. The third-order valence-electron chi connectivity index (χ3n) is 5.42. The molecule has 0 spiro atoms. The van der Waals surface area contributed by atoms with E-state index in [4.69, 9.17) is 10.5 Å². The monoisotopic (exact) mass is 354 g/mol. The average molecular weight is 354 g/mol. The Kier molecular flexibility index (Phi) is 4.78. The van der Waals surface area contributed by atoms with Gasteiger partial charge in [0.2, 0.25) is 0 Å². The molecule has 26 heavy (non-hydrogen) atoms. The van der Waals surface area contributed by atoms with Crippen molar-refractivity contribution in [2.24, 2.45) is 5.73 Å². The van der Waals surface area contributed by atoms with E-state index in [0.29, 0.717) is 6.54 Å². The summed E-state index contributed by atoms with van der Waals surface area (Å²) in [4.78, 5) is 22.9. The van der Waals surface area contributed by atoms with Gasteiger partial charge in [-0.05, 0) is 44.2 Å². The second kappa shape index (κ2) is 7.21. The summed E-state index contributed by atoms with van der Waals surface area (Å²) >= 11 is 0. The second-order valence-electron chi connectivity index (χ2n) is 7.30. The fourth-order valence-electron chi connectivity index (χ4n) is 4.03. The molecule has 2 aromatic rings. The van der Waals surface area contributed by atoms with Crippen molar-refractivity contribution >= 4 is 5.91 Å². The standard InChI is InChI=1S/C20H26N4O2/c1-13-4-2-5-14(10-13)16-12-22-19(23-16)17-6-3-9-24(17)20(25)18-8-7-15(11-21)26-18/h2,4-5,10,12,15,17-18H,3,6-9,11,21H2,1H3,(H,22,23)/t15-,17?,18+/m1/s1. The molecule has 2 saturated heterocycles. The lowest BCUT2D eigenvalue weighted by atomic mass is 10.1. The predicted molar refractivity (Wildman–Crippen MR) is 99.4 cm³/mol. The smallest absolute Gasteiger partial charge is 0.252 e. The number of benzene rings is 1. The molecule has 6 heteroatoms. The second-order valence-corrected chi connectivity index (χ2v) is 7.30. The van der Waals surface area contributed by atoms with E-state index < -0.39 is 0 Å². The molecule has 0 saturated carbocycles. The number of imidazole rings is 1. The van der Waals surface area contributed by atoms with E-state index >= 15 is 0 Å². The van der Waals surface area contributed by atoms with Gasteiger partial charge < -0.3 is 20.4 Å². The van der Waals surface area contributed by atoms with Gasteiger partial charge in [-0.1, -0.05) is 23.8 Å². The van der Waals surface area contributed by atoms with Crippen molar-refractivity contribution in [1.82, 2.24) is 14.9 Å². The van der Waals surface area contributed by atoms with E-state index in [-0.39, 0.29) is 24.2 Å². The summed E-state index contributed by atoms with van der Waals surface area (Å²) in [5.41, 5.74) is 8.99. The molecular weight excluding hydrogens is 328 g/mol. The molecule has 6 nitrogen and oxygen atoms in total. The number of aromatic nitrogens is 2. The molecule has 0 aliphatic carbocycles. The van der Waals surface area contributed by atoms with E-state index in [9.17, 15) is 4.79 Å². The number of nitrogens with zero attached hydrogens (tertiary/aromatic N) is 2. The lowest BCUT2D eigenvalue weighted by Gasteiger charge is -2.26. The van der Waals surface area contributed by atoms with Gasteiger partial charge in [-0.3, -0.25) is 4.79 Å². The van der Waals surface area contributed by atoms with E-state index in [1.165, 1.54) is 5.56 Å². The average Bonchev–Trinajstić information content (AvgIpc) is 3.40. The number of carbonyl (C=O) groups excluding carboxylic acids is 1. The van der Waals surface area contributed by atoms with Crippen molar-refractivity contribution < 1.29 is 9.53 Å². The number of ether oxygens (including phenoxy) is 1. The van der Waals surface area contributed by atoms with Gasteiger partial charge in [-0.15, -0.1) is 0 Å². The van der Waals surface area contributed by atoms with Gasteiger partial charge in [-0.2, -0.15) is 0 Å². The Morgan fingerprint density at radius 2 is 2.27 bits per heavy atom. The van der Waals surface area contributed by atoms with Gasteiger partial charge in [0.15, 0.2) is 0 Å². The number of aryl methyl sites for hydroxylation is 1. The van der Waals surface area contributed by atoms with Crippen LogP contribution < -0.4 is 5.73 Å². The first-order valence-electron chi connectivity index (χ1n) is 9.43. The molecule has 0 radical (unpaired) electrons. The molecule has 1 aromatic heterocycles. The van der Waals surface area contributed by atoms with Gasteiger partial charge in [0.1, 0.15) is 11.9 Å². The molecule has 2 aliphatic heterocycles. The minimum Gasteiger partial charge on any atom is -0.364 e. The number of H-pyrrole nitrogens is 1. The van der Waals surface area contributed by atoms with E-state index in [1.807, 2.05) is 17.2 Å². The fourth-order valence-corrected chi connectivity index (χ4v) is 4.03. The van der Waals surface area contributed by atoms with E-state index in [1.54, 1.807) is 0 Å². The predicted octanol–water partition coefficient (Wildman–Crippen LogP) is 2.55. The molecule has 138 valence electrons. The zero-order chi connectivity index (χ0) is 18.1. The summed E-state index contributed by atoms with van der Waals surface area (Å²) in [6.45, 7) is 3.32. The molecule has 1 aromatic carbocycles. The quantitative estimate of drug-likeness (QED) is 0.884. The molecule has 3 atom stereocenters. The summed E-state index contributed by atoms with van der Waals surface area (Å²) in [6.07, 6.45) is 5.07. The summed E-state index contributed by atoms with van der Waals surface area (Å²) in [6, 6.07) is 8.33. The lowest BCUT2D eigenvalue weighted by molar-refractivity contribution is -0.143. The lowest BCUT2D eigenvalue weighted by Crippen LogP contribution is -2.39. The zero-order valence-electron chi connectivity index (χ0n) is 15.1. The van der Waals surface area contributed by atoms with Crippen LogP contribution in [0.4, 0.5) is 0 Å². The van der Waals surface area contributed by atoms with Crippen LogP contribution in [0.1, 0.15) is 43.1 Å². The maximum Gasteiger partial charge on any atom is 0.252 e. The maximum atomic E-state index is 12.9. The maximum absolute atomic E-state index is 12.9. The Hall–Kier alpha value is -2.18. The summed E-state index contributed by atoms with van der Waals surface area (Å²) < 4.78 is 5.81. The van der Waals surface area contributed by atoms with Crippen LogP contribution >= 0.6 is 0 Å². The number of hydrogen-bond donors (Lipinski definition) is 2. The van der Waals surface area contributed by atoms with Crippen molar-refractivity contribution in [2.75, 3.05) is 13.1 Å². The molecule has 2 aliphatic rings. The van der Waals surface area contributed by atoms with Gasteiger partial charge in [0, 0.05) is 13.1 Å². The highest BCUT2D eigenvalue weighted by molar-refractivity contribution is 5.82. The SMILES string of the molecule is Cc1cccc(-c2cnc(C3CCCN3C(=O)[C@@H]3CC[C@H](CN)O3)[nH]2)c1. The summed E-state index contributed by atoms with van der Waals surface area (Å²) in [7, 11) is 0. The van der Waals surface area contributed by atoms with Crippen LogP contribution in [0, 0.1) is 6.92 Å². The minimum atomic E-state index is -0.352. The van der Waals surface area contributed by atoms with Crippen LogP contribution in [0.3, 0.4) is 0 Å². The third-order valence-corrected chi connectivity index (χ3v) is 5.42. The van der Waals surface area contributed by atoms with Crippen LogP contribution in [0.25, 0.3) is 11.3 Å². The fraction of sp³-hybridized carbons (Fsp3) is 0.500. The molecular formula is C20H26N4O2. The normalized spacial score (nSPS) is 25.8. The van der Waals surface area contributed by atoms with E-state index in [0.717, 1.165) is 49.3 Å². The molecule has 0 bridgehead atoms. The number of likely N-dealkylation sites (tertiary alicyclic amines) is 1. The highest BCUT2D eigenvalue weighted by Gasteiger charge is 2.39. The molecule has 2 fully saturated rings. The Balaban J connectivity index is 1.51. The van der Waals surface area contributed by atoms with Crippen LogP contribution in [0.15, 0.2) is 30.5 Å². The van der Waals surface area contributed by atoms with Crippen molar-refractivity contribution in [3.8, 4) is 11.3 Å². The first-order valence-corrected chi connectivity index (χ1v) is 9.43. The highest BCUT2D eigenvalue weighted by Crippen LogP contribution is 2.34. The van der Waals surface area contributed by atoms with Gasteiger partial charge in [0.05, 0.1) is 24.0 Å². The largest absolute Gasteiger partial charge is 0.364 e. The van der Waals surface area contributed by atoms with Crippen LogP contribution in [0.2, 0.25) is 0 Å². The first-order chi connectivity index (χ1) is 12.7. The number of amides is 1. The molecule has 3 N–H and O–H groups in total. The Morgan fingerprint density at radius 3 is 3.04 bits per heavy atom. The number of nitrogens with two attached hydrogens (primary N) is 1. The molecule has 3 heterocycles. The van der Waals surface area contributed by atoms with Crippen molar-refractivity contribution in [2.45, 2.75) is 50.9 Å². The molecule has 1 amide bonds. The van der Waals surface area contributed by atoms with Crippen LogP contribution in [0.5, 0.6) is 0 Å². The summed E-state index contributed by atoms with van der Waals surface area (Å²) in [5, 5.41) is 0. The van der Waals surface area contributed by atoms with Gasteiger partial charge >= 0.3 is 0 Å². The number of rotatable bonds is 4. The highest BCUT2D eigenvalue weighted by atomic mass is 16.5.